The molecule has 0 radical (unpaired) electrons. The first-order valence-corrected chi connectivity index (χ1v) is 6.73. The summed E-state index contributed by atoms with van der Waals surface area (Å²) in [7, 11) is 1.62. The second-order valence-electron chi connectivity index (χ2n) is 5.07. The quantitative estimate of drug-likeness (QED) is 0.944. The van der Waals surface area contributed by atoms with Gasteiger partial charge < -0.3 is 5.32 Å². The molecule has 0 saturated heterocycles. The molecule has 1 amide bonds. The molecule has 0 aliphatic rings. The predicted molar refractivity (Wildman–Crippen MR) is 75.3 cm³/mol. The molecule has 0 bridgehead atoms. The minimum atomic E-state index is -4.40. The van der Waals surface area contributed by atoms with Crippen LogP contribution in [0.4, 0.5) is 13.2 Å². The largest absolute Gasteiger partial charge is 0.416 e. The summed E-state index contributed by atoms with van der Waals surface area (Å²) in [4.78, 5) is 12.0. The van der Waals surface area contributed by atoms with Crippen molar-refractivity contribution in [1.82, 2.24) is 15.1 Å². The molecular formula is C15H16F3N3O. The Hall–Kier alpha value is -2.31. The number of carbonyl (C=O) groups excluding carboxylic acids is 1. The fourth-order valence-electron chi connectivity index (χ4n) is 2.25. The van der Waals surface area contributed by atoms with Gasteiger partial charge in [-0.2, -0.15) is 18.3 Å². The molecule has 0 aliphatic heterocycles. The molecule has 22 heavy (non-hydrogen) atoms. The van der Waals surface area contributed by atoms with Crippen molar-refractivity contribution in [2.45, 2.75) is 25.6 Å². The monoisotopic (exact) mass is 311 g/mol. The van der Waals surface area contributed by atoms with Crippen LogP contribution in [0.1, 0.15) is 28.5 Å². The van der Waals surface area contributed by atoms with E-state index in [0.717, 1.165) is 6.07 Å². The van der Waals surface area contributed by atoms with Crippen LogP contribution < -0.4 is 5.32 Å². The molecule has 0 spiro atoms. The Morgan fingerprint density at radius 1 is 1.32 bits per heavy atom. The van der Waals surface area contributed by atoms with Crippen molar-refractivity contribution in [3.63, 3.8) is 0 Å². The van der Waals surface area contributed by atoms with E-state index in [1.165, 1.54) is 23.0 Å². The maximum atomic E-state index is 12.9. The summed E-state index contributed by atoms with van der Waals surface area (Å²) in [5.41, 5.74) is -0.152. The summed E-state index contributed by atoms with van der Waals surface area (Å²) in [6.07, 6.45) is -2.82. The molecule has 1 aromatic heterocycles. The molecule has 7 heteroatoms. The first-order valence-electron chi connectivity index (χ1n) is 6.73. The lowest BCUT2D eigenvalue weighted by molar-refractivity contribution is -0.138. The smallest absolute Gasteiger partial charge is 0.348 e. The Morgan fingerprint density at radius 3 is 2.59 bits per heavy atom. The number of hydrogen-bond acceptors (Lipinski definition) is 2. The first kappa shape index (κ1) is 16.1. The van der Waals surface area contributed by atoms with Crippen LogP contribution in [0.15, 0.2) is 36.5 Å². The van der Waals surface area contributed by atoms with Gasteiger partial charge in [-0.3, -0.25) is 9.48 Å². The second kappa shape index (κ2) is 6.21. The zero-order valence-corrected chi connectivity index (χ0v) is 12.2. The summed E-state index contributed by atoms with van der Waals surface area (Å²) < 4.78 is 40.2. The normalized spacial score (nSPS) is 13.0. The second-order valence-corrected chi connectivity index (χ2v) is 5.07. The Bertz CT molecular complexity index is 664. The van der Waals surface area contributed by atoms with Gasteiger partial charge in [0.15, 0.2) is 0 Å². The summed E-state index contributed by atoms with van der Waals surface area (Å²) in [5.74, 6) is -0.364. The van der Waals surface area contributed by atoms with Crippen LogP contribution in [-0.4, -0.2) is 21.7 Å². The number of nitrogens with one attached hydrogen (secondary N) is 1. The lowest BCUT2D eigenvalue weighted by Gasteiger charge is -2.17. The Balaban J connectivity index is 2.09. The highest BCUT2D eigenvalue weighted by Gasteiger charge is 2.33. The molecular weight excluding hydrogens is 295 g/mol. The van der Waals surface area contributed by atoms with Crippen molar-refractivity contribution in [2.75, 3.05) is 0 Å². The van der Waals surface area contributed by atoms with E-state index in [0.29, 0.717) is 5.69 Å². The molecule has 118 valence electrons. The van der Waals surface area contributed by atoms with Crippen molar-refractivity contribution in [1.29, 1.82) is 0 Å². The van der Waals surface area contributed by atoms with E-state index < -0.39 is 17.8 Å². The van der Waals surface area contributed by atoms with Gasteiger partial charge in [0.25, 0.3) is 5.91 Å². The SMILES string of the molecule is C[C@@H](Cc1ccccc1C(F)(F)F)NC(=O)c1ccnn1C. The van der Waals surface area contributed by atoms with E-state index in [-0.39, 0.29) is 17.9 Å². The molecule has 1 heterocycles. The van der Waals surface area contributed by atoms with Crippen LogP contribution in [0.25, 0.3) is 0 Å². The van der Waals surface area contributed by atoms with Crippen molar-refractivity contribution >= 4 is 5.91 Å². The average molecular weight is 311 g/mol. The van der Waals surface area contributed by atoms with E-state index >= 15 is 0 Å². The molecule has 2 aromatic rings. The van der Waals surface area contributed by atoms with Crippen molar-refractivity contribution in [3.05, 3.63) is 53.3 Å². The Kier molecular flexibility index (Phi) is 4.54. The van der Waals surface area contributed by atoms with Crippen molar-refractivity contribution in [2.24, 2.45) is 7.05 Å². The standard InChI is InChI=1S/C15H16F3N3O/c1-10(20-14(22)13-7-8-19-21(13)2)9-11-5-3-4-6-12(11)15(16,17)18/h3-8,10H,9H2,1-2H3,(H,20,22)/t10-/m0/s1. The van der Waals surface area contributed by atoms with E-state index in [1.807, 2.05) is 0 Å². The lowest BCUT2D eigenvalue weighted by atomic mass is 10.0. The number of aromatic nitrogens is 2. The van der Waals surface area contributed by atoms with Crippen molar-refractivity contribution in [3.8, 4) is 0 Å². The first-order chi connectivity index (χ1) is 10.3. The van der Waals surface area contributed by atoms with Gasteiger partial charge in [-0.1, -0.05) is 18.2 Å². The zero-order chi connectivity index (χ0) is 16.3. The van der Waals surface area contributed by atoms with Crippen molar-refractivity contribution < 1.29 is 18.0 Å². The minimum absolute atomic E-state index is 0.0965. The highest BCUT2D eigenvalue weighted by atomic mass is 19.4. The summed E-state index contributed by atoms with van der Waals surface area (Å²) >= 11 is 0. The number of rotatable bonds is 4. The number of aryl methyl sites for hydroxylation is 1. The number of benzene rings is 1. The van der Waals surface area contributed by atoms with Gasteiger partial charge in [0.05, 0.1) is 5.56 Å². The summed E-state index contributed by atoms with van der Waals surface area (Å²) in [6, 6.07) is 6.49. The maximum absolute atomic E-state index is 12.9. The van der Waals surface area contributed by atoms with Gasteiger partial charge in [0.1, 0.15) is 5.69 Å². The number of amides is 1. The van der Waals surface area contributed by atoms with E-state index in [1.54, 1.807) is 26.1 Å². The topological polar surface area (TPSA) is 46.9 Å². The van der Waals surface area contributed by atoms with Crippen LogP contribution >= 0.6 is 0 Å². The summed E-state index contributed by atoms with van der Waals surface area (Å²) in [6.45, 7) is 1.67. The highest BCUT2D eigenvalue weighted by Crippen LogP contribution is 2.32. The fraction of sp³-hybridized carbons (Fsp3) is 0.333. The third-order valence-corrected chi connectivity index (χ3v) is 3.28. The molecule has 4 nitrogen and oxygen atoms in total. The van der Waals surface area contributed by atoms with Gasteiger partial charge in [-0.15, -0.1) is 0 Å². The molecule has 0 unspecified atom stereocenters. The number of alkyl halides is 3. The number of hydrogen-bond donors (Lipinski definition) is 1. The van der Waals surface area contributed by atoms with Gasteiger partial charge in [-0.25, -0.2) is 0 Å². The number of halogens is 3. The van der Waals surface area contributed by atoms with Gasteiger partial charge in [-0.05, 0) is 31.0 Å². The van der Waals surface area contributed by atoms with Gasteiger partial charge in [0.2, 0.25) is 0 Å². The Morgan fingerprint density at radius 2 is 2.00 bits per heavy atom. The van der Waals surface area contributed by atoms with Gasteiger partial charge in [0, 0.05) is 19.3 Å². The average Bonchev–Trinajstić information content (AvgIpc) is 2.84. The van der Waals surface area contributed by atoms with Crippen LogP contribution in [0.2, 0.25) is 0 Å². The van der Waals surface area contributed by atoms with Crippen LogP contribution in [0, 0.1) is 0 Å². The third-order valence-electron chi connectivity index (χ3n) is 3.28. The van der Waals surface area contributed by atoms with E-state index in [4.69, 9.17) is 0 Å². The molecule has 1 atom stereocenters. The van der Waals surface area contributed by atoms with E-state index in [2.05, 4.69) is 10.4 Å². The zero-order valence-electron chi connectivity index (χ0n) is 12.2. The number of carbonyl (C=O) groups is 1. The summed E-state index contributed by atoms with van der Waals surface area (Å²) in [5, 5.41) is 6.57. The number of nitrogens with zero attached hydrogens (tertiary/aromatic N) is 2. The van der Waals surface area contributed by atoms with Crippen LogP contribution in [0.3, 0.4) is 0 Å². The molecule has 2 rings (SSSR count). The maximum Gasteiger partial charge on any atom is 0.416 e. The molecule has 0 saturated carbocycles. The molecule has 0 aliphatic carbocycles. The lowest BCUT2D eigenvalue weighted by Crippen LogP contribution is -2.35. The molecule has 1 N–H and O–H groups in total. The van der Waals surface area contributed by atoms with Crippen LogP contribution in [0.5, 0.6) is 0 Å². The van der Waals surface area contributed by atoms with Crippen LogP contribution in [-0.2, 0) is 19.6 Å². The van der Waals surface area contributed by atoms with E-state index in [9.17, 15) is 18.0 Å². The van der Waals surface area contributed by atoms with Gasteiger partial charge >= 0.3 is 6.18 Å². The predicted octanol–water partition coefficient (Wildman–Crippen LogP) is 2.80. The molecule has 0 fully saturated rings. The third kappa shape index (κ3) is 3.66. The minimum Gasteiger partial charge on any atom is -0.348 e. The highest BCUT2D eigenvalue weighted by molar-refractivity contribution is 5.92. The molecule has 1 aromatic carbocycles. The Labute approximate surface area is 125 Å². The fourth-order valence-corrected chi connectivity index (χ4v) is 2.25.